The summed E-state index contributed by atoms with van der Waals surface area (Å²) in [5, 5.41) is 0. The molecule has 0 saturated carbocycles. The number of piperazine rings is 1. The van der Waals surface area contributed by atoms with Crippen LogP contribution in [0.4, 0.5) is 0 Å². The molecule has 1 saturated heterocycles. The largest absolute Gasteiger partial charge is 0.301 e. The Morgan fingerprint density at radius 1 is 1.10 bits per heavy atom. The molecule has 0 N–H and O–H groups in total. The number of carbonyl (C=O) groups excluding carboxylic acids is 1. The van der Waals surface area contributed by atoms with Gasteiger partial charge in [0.25, 0.3) is 0 Å². The van der Waals surface area contributed by atoms with Crippen LogP contribution in [-0.4, -0.2) is 54.3 Å². The Morgan fingerprint density at radius 2 is 1.71 bits per heavy atom. The van der Waals surface area contributed by atoms with Gasteiger partial charge in [-0.3, -0.25) is 9.69 Å². The van der Waals surface area contributed by atoms with Crippen molar-refractivity contribution in [1.82, 2.24) is 9.80 Å². The average molecular weight is 288 g/mol. The van der Waals surface area contributed by atoms with Gasteiger partial charge in [0.05, 0.1) is 6.04 Å². The summed E-state index contributed by atoms with van der Waals surface area (Å²) < 4.78 is 0. The Bertz CT molecular complexity index is 436. The highest BCUT2D eigenvalue weighted by Crippen LogP contribution is 2.15. The Balaban J connectivity index is 1.95. The zero-order valence-electron chi connectivity index (χ0n) is 13.6. The lowest BCUT2D eigenvalue weighted by Gasteiger charge is -2.39. The summed E-state index contributed by atoms with van der Waals surface area (Å²) >= 11 is 0. The second-order valence-electron chi connectivity index (χ2n) is 6.38. The van der Waals surface area contributed by atoms with E-state index in [1.165, 1.54) is 0 Å². The molecule has 0 aromatic heterocycles. The molecule has 1 fully saturated rings. The maximum atomic E-state index is 12.7. The molecular weight excluding hydrogens is 260 g/mol. The fourth-order valence-corrected chi connectivity index (χ4v) is 3.18. The summed E-state index contributed by atoms with van der Waals surface area (Å²) in [6.07, 6.45) is 0.887. The average Bonchev–Trinajstić information content (AvgIpc) is 2.50. The van der Waals surface area contributed by atoms with Gasteiger partial charge in [0.15, 0.2) is 5.78 Å². The molecule has 0 amide bonds. The molecule has 1 aromatic rings. The van der Waals surface area contributed by atoms with E-state index < -0.39 is 0 Å². The quantitative estimate of drug-likeness (QED) is 0.752. The SMILES string of the molecule is CCC(C(=O)c1ccccc1)N1CCN(CC(C)C)CC1. The van der Waals surface area contributed by atoms with Crippen molar-refractivity contribution in [2.75, 3.05) is 32.7 Å². The first-order valence-electron chi connectivity index (χ1n) is 8.17. The van der Waals surface area contributed by atoms with Crippen LogP contribution in [0.5, 0.6) is 0 Å². The van der Waals surface area contributed by atoms with Gasteiger partial charge < -0.3 is 4.90 Å². The number of nitrogens with zero attached hydrogens (tertiary/aromatic N) is 2. The van der Waals surface area contributed by atoms with Crippen molar-refractivity contribution in [2.24, 2.45) is 5.92 Å². The van der Waals surface area contributed by atoms with E-state index in [4.69, 9.17) is 0 Å². The second-order valence-corrected chi connectivity index (χ2v) is 6.38. The molecule has 1 heterocycles. The highest BCUT2D eigenvalue weighted by molar-refractivity contribution is 6.00. The van der Waals surface area contributed by atoms with Crippen molar-refractivity contribution < 1.29 is 4.79 Å². The molecule has 21 heavy (non-hydrogen) atoms. The fourth-order valence-electron chi connectivity index (χ4n) is 3.18. The number of ketones is 1. The van der Waals surface area contributed by atoms with E-state index in [1.54, 1.807) is 0 Å². The van der Waals surface area contributed by atoms with Crippen molar-refractivity contribution in [3.05, 3.63) is 35.9 Å². The molecule has 0 bridgehead atoms. The van der Waals surface area contributed by atoms with Crippen LogP contribution in [-0.2, 0) is 0 Å². The standard InChI is InChI=1S/C18H28N2O/c1-4-17(18(21)16-8-6-5-7-9-16)20-12-10-19(11-13-20)14-15(2)3/h5-9,15,17H,4,10-14H2,1-3H3. The minimum atomic E-state index is 0.0357. The lowest BCUT2D eigenvalue weighted by atomic mass is 10.00. The van der Waals surface area contributed by atoms with E-state index in [-0.39, 0.29) is 11.8 Å². The third-order valence-electron chi connectivity index (χ3n) is 4.22. The molecule has 3 nitrogen and oxygen atoms in total. The maximum absolute atomic E-state index is 12.7. The van der Waals surface area contributed by atoms with Crippen molar-refractivity contribution in [1.29, 1.82) is 0 Å². The van der Waals surface area contributed by atoms with Crippen LogP contribution in [0.3, 0.4) is 0 Å². The molecule has 3 heteroatoms. The molecule has 0 spiro atoms. The van der Waals surface area contributed by atoms with Crippen LogP contribution in [0.1, 0.15) is 37.6 Å². The van der Waals surface area contributed by atoms with Gasteiger partial charge in [-0.1, -0.05) is 51.1 Å². The van der Waals surface area contributed by atoms with E-state index in [0.717, 1.165) is 44.7 Å². The summed E-state index contributed by atoms with van der Waals surface area (Å²) in [5.74, 6) is 0.986. The van der Waals surface area contributed by atoms with Crippen molar-refractivity contribution >= 4 is 5.78 Å². The molecular formula is C18H28N2O. The van der Waals surface area contributed by atoms with E-state index in [2.05, 4.69) is 30.6 Å². The highest BCUT2D eigenvalue weighted by Gasteiger charge is 2.28. The molecule has 0 radical (unpaired) electrons. The van der Waals surface area contributed by atoms with Gasteiger partial charge >= 0.3 is 0 Å². The van der Waals surface area contributed by atoms with Gasteiger partial charge in [-0.05, 0) is 12.3 Å². The van der Waals surface area contributed by atoms with Crippen molar-refractivity contribution in [3.63, 3.8) is 0 Å². The van der Waals surface area contributed by atoms with E-state index in [0.29, 0.717) is 5.92 Å². The van der Waals surface area contributed by atoms with Gasteiger partial charge in [0.1, 0.15) is 0 Å². The normalized spacial score (nSPS) is 18.9. The first kappa shape index (κ1) is 16.2. The van der Waals surface area contributed by atoms with E-state index in [1.807, 2.05) is 30.3 Å². The van der Waals surface area contributed by atoms with Crippen LogP contribution in [0.15, 0.2) is 30.3 Å². The first-order valence-corrected chi connectivity index (χ1v) is 8.17. The lowest BCUT2D eigenvalue weighted by molar-refractivity contribution is 0.0636. The van der Waals surface area contributed by atoms with Gasteiger partial charge in [0, 0.05) is 38.3 Å². The Hall–Kier alpha value is -1.19. The van der Waals surface area contributed by atoms with Crippen LogP contribution in [0.2, 0.25) is 0 Å². The molecule has 2 rings (SSSR count). The molecule has 1 aromatic carbocycles. The first-order chi connectivity index (χ1) is 10.1. The second kappa shape index (κ2) is 7.71. The minimum absolute atomic E-state index is 0.0357. The molecule has 1 atom stereocenters. The Kier molecular flexibility index (Phi) is 5.95. The lowest BCUT2D eigenvalue weighted by Crippen LogP contribution is -2.53. The fraction of sp³-hybridized carbons (Fsp3) is 0.611. The van der Waals surface area contributed by atoms with Gasteiger partial charge in [-0.15, -0.1) is 0 Å². The topological polar surface area (TPSA) is 23.6 Å². The summed E-state index contributed by atoms with van der Waals surface area (Å²) in [5.41, 5.74) is 0.842. The van der Waals surface area contributed by atoms with E-state index in [9.17, 15) is 4.79 Å². The number of rotatable bonds is 6. The van der Waals surface area contributed by atoms with Gasteiger partial charge in [-0.25, -0.2) is 0 Å². The third-order valence-corrected chi connectivity index (χ3v) is 4.22. The third kappa shape index (κ3) is 4.39. The number of carbonyl (C=O) groups is 1. The Labute approximate surface area is 128 Å². The molecule has 1 unspecified atom stereocenters. The number of Topliss-reactive ketones (excluding diaryl/α,β-unsaturated/α-hetero) is 1. The summed E-state index contributed by atoms with van der Waals surface area (Å²) in [6.45, 7) is 12.0. The molecule has 0 aliphatic carbocycles. The molecule has 1 aliphatic heterocycles. The van der Waals surface area contributed by atoms with Crippen LogP contribution < -0.4 is 0 Å². The zero-order valence-corrected chi connectivity index (χ0v) is 13.6. The summed E-state index contributed by atoms with van der Waals surface area (Å²) in [4.78, 5) is 17.6. The zero-order chi connectivity index (χ0) is 15.2. The summed E-state index contributed by atoms with van der Waals surface area (Å²) in [7, 11) is 0. The number of hydrogen-bond donors (Lipinski definition) is 0. The van der Waals surface area contributed by atoms with Gasteiger partial charge in [0.2, 0.25) is 0 Å². The van der Waals surface area contributed by atoms with Crippen LogP contribution >= 0.6 is 0 Å². The van der Waals surface area contributed by atoms with Crippen molar-refractivity contribution in [3.8, 4) is 0 Å². The predicted octanol–water partition coefficient (Wildman–Crippen LogP) is 2.92. The maximum Gasteiger partial charge on any atom is 0.179 e. The predicted molar refractivity (Wildman–Crippen MR) is 87.7 cm³/mol. The minimum Gasteiger partial charge on any atom is -0.301 e. The van der Waals surface area contributed by atoms with Gasteiger partial charge in [-0.2, -0.15) is 0 Å². The van der Waals surface area contributed by atoms with Crippen LogP contribution in [0, 0.1) is 5.92 Å². The van der Waals surface area contributed by atoms with E-state index >= 15 is 0 Å². The molecule has 1 aliphatic rings. The van der Waals surface area contributed by atoms with Crippen LogP contribution in [0.25, 0.3) is 0 Å². The Morgan fingerprint density at radius 3 is 2.24 bits per heavy atom. The van der Waals surface area contributed by atoms with Crippen molar-refractivity contribution in [2.45, 2.75) is 33.2 Å². The summed E-state index contributed by atoms with van der Waals surface area (Å²) in [6, 6.07) is 9.75. The number of benzene rings is 1. The molecule has 116 valence electrons. The number of hydrogen-bond acceptors (Lipinski definition) is 3. The highest BCUT2D eigenvalue weighted by atomic mass is 16.1. The smallest absolute Gasteiger partial charge is 0.179 e. The monoisotopic (exact) mass is 288 g/mol.